The molecule has 3 aromatic carbocycles. The highest BCUT2D eigenvalue weighted by atomic mass is 32.1. The predicted octanol–water partition coefficient (Wildman–Crippen LogP) is 3.49. The van der Waals surface area contributed by atoms with Crippen molar-refractivity contribution in [3.63, 3.8) is 0 Å². The number of fused-ring (bicyclic) bond motifs is 2. The Kier molecular flexibility index (Phi) is 3.51. The lowest BCUT2D eigenvalue weighted by Crippen LogP contribution is -2.18. The average molecular weight is 332 g/mol. The summed E-state index contributed by atoms with van der Waals surface area (Å²) in [5.74, 6) is 0. The van der Waals surface area contributed by atoms with Gasteiger partial charge in [-0.05, 0) is 39.8 Å². The maximum absolute atomic E-state index is 11.9. The van der Waals surface area contributed by atoms with Crippen LogP contribution in [-0.4, -0.2) is 21.1 Å². The van der Waals surface area contributed by atoms with E-state index in [0.717, 1.165) is 38.0 Å². The molecule has 0 spiro atoms. The smallest absolute Gasteiger partial charge is 0.265 e. The summed E-state index contributed by atoms with van der Waals surface area (Å²) in [6.07, 6.45) is 2.82. The molecule has 4 aromatic rings. The van der Waals surface area contributed by atoms with Crippen LogP contribution in [-0.2, 0) is 0 Å². The van der Waals surface area contributed by atoms with Crippen molar-refractivity contribution in [2.75, 3.05) is 0 Å². The molecule has 5 nitrogen and oxygen atoms in total. The fourth-order valence-electron chi connectivity index (χ4n) is 2.76. The predicted molar refractivity (Wildman–Crippen MR) is 98.1 cm³/mol. The minimum absolute atomic E-state index is 0.156. The number of aromatic nitrogens is 3. The first-order valence-electron chi connectivity index (χ1n) is 7.35. The van der Waals surface area contributed by atoms with E-state index in [2.05, 4.69) is 33.5 Å². The van der Waals surface area contributed by atoms with E-state index in [1.165, 1.54) is 0 Å². The molecule has 0 bridgehead atoms. The first kappa shape index (κ1) is 14.5. The molecule has 0 saturated heterocycles. The quantitative estimate of drug-likeness (QED) is 0.347. The molecule has 1 heterocycles. The average Bonchev–Trinajstić information content (AvgIpc) is 2.60. The maximum Gasteiger partial charge on any atom is 0.293 e. The van der Waals surface area contributed by atoms with Crippen molar-refractivity contribution in [3.8, 4) is 0 Å². The van der Waals surface area contributed by atoms with Gasteiger partial charge in [0.1, 0.15) is 6.20 Å². The van der Waals surface area contributed by atoms with Crippen LogP contribution in [0.3, 0.4) is 0 Å². The lowest BCUT2D eigenvalue weighted by molar-refractivity contribution is 0.738. The fourth-order valence-corrected chi connectivity index (χ4v) is 2.95. The minimum Gasteiger partial charge on any atom is -0.265 e. The zero-order valence-corrected chi connectivity index (χ0v) is 13.3. The van der Waals surface area contributed by atoms with Gasteiger partial charge in [-0.1, -0.05) is 48.5 Å². The molecule has 24 heavy (non-hydrogen) atoms. The summed E-state index contributed by atoms with van der Waals surface area (Å²) >= 11 is 5.08. The van der Waals surface area contributed by atoms with Crippen LogP contribution in [0, 0.1) is 4.77 Å². The Morgan fingerprint density at radius 3 is 2.29 bits per heavy atom. The van der Waals surface area contributed by atoms with Gasteiger partial charge in [0.15, 0.2) is 0 Å². The summed E-state index contributed by atoms with van der Waals surface area (Å²) < 4.78 is 1.28. The van der Waals surface area contributed by atoms with E-state index in [-0.39, 0.29) is 10.3 Å². The van der Waals surface area contributed by atoms with E-state index in [1.807, 2.05) is 36.4 Å². The number of aromatic amines is 1. The molecular weight excluding hydrogens is 320 g/mol. The summed E-state index contributed by atoms with van der Waals surface area (Å²) in [5.41, 5.74) is 0.571. The SMILES string of the molecule is O=c1cn[nH]c(=S)n1N=Cc1c2ccccc2cc2ccccc12. The van der Waals surface area contributed by atoms with Gasteiger partial charge in [-0.25, -0.2) is 0 Å². The third-order valence-corrected chi connectivity index (χ3v) is 4.12. The van der Waals surface area contributed by atoms with Crippen molar-refractivity contribution < 1.29 is 0 Å². The van der Waals surface area contributed by atoms with Gasteiger partial charge in [-0.3, -0.25) is 9.89 Å². The number of rotatable bonds is 2. The summed E-state index contributed by atoms with van der Waals surface area (Å²) in [5, 5.41) is 14.9. The summed E-state index contributed by atoms with van der Waals surface area (Å²) in [7, 11) is 0. The lowest BCUT2D eigenvalue weighted by atomic mass is 9.97. The van der Waals surface area contributed by atoms with E-state index < -0.39 is 0 Å². The topological polar surface area (TPSA) is 63.0 Å². The minimum atomic E-state index is -0.375. The number of nitrogens with one attached hydrogen (secondary N) is 1. The van der Waals surface area contributed by atoms with E-state index >= 15 is 0 Å². The van der Waals surface area contributed by atoms with Crippen LogP contribution in [0.2, 0.25) is 0 Å². The van der Waals surface area contributed by atoms with Gasteiger partial charge in [-0.2, -0.15) is 14.9 Å². The van der Waals surface area contributed by atoms with Crippen LogP contribution in [0.4, 0.5) is 0 Å². The van der Waals surface area contributed by atoms with Crippen LogP contribution in [0.5, 0.6) is 0 Å². The van der Waals surface area contributed by atoms with Gasteiger partial charge in [0.25, 0.3) is 5.56 Å². The standard InChI is InChI=1S/C18H12N4OS/c23-17-11-19-21-18(24)22(17)20-10-16-14-7-3-1-5-12(14)9-13-6-2-4-8-15(13)16/h1-11H,(H,21,24). The molecule has 0 radical (unpaired) electrons. The number of benzene rings is 3. The van der Waals surface area contributed by atoms with Crippen LogP contribution >= 0.6 is 12.2 Å². The van der Waals surface area contributed by atoms with E-state index in [0.29, 0.717) is 0 Å². The van der Waals surface area contributed by atoms with Gasteiger partial charge in [0, 0.05) is 5.56 Å². The monoisotopic (exact) mass is 332 g/mol. The van der Waals surface area contributed by atoms with Gasteiger partial charge in [0.2, 0.25) is 4.77 Å². The van der Waals surface area contributed by atoms with Gasteiger partial charge in [-0.15, -0.1) is 0 Å². The molecule has 1 N–H and O–H groups in total. The van der Waals surface area contributed by atoms with E-state index in [1.54, 1.807) is 6.21 Å². The zero-order chi connectivity index (χ0) is 16.5. The number of hydrogen-bond donors (Lipinski definition) is 1. The van der Waals surface area contributed by atoms with Crippen LogP contribution in [0.25, 0.3) is 21.5 Å². The molecule has 0 unspecified atom stereocenters. The van der Waals surface area contributed by atoms with Crippen molar-refractivity contribution in [1.29, 1.82) is 0 Å². The van der Waals surface area contributed by atoms with Crippen molar-refractivity contribution in [2.45, 2.75) is 0 Å². The Morgan fingerprint density at radius 1 is 1.04 bits per heavy atom. The molecule has 0 atom stereocenters. The van der Waals surface area contributed by atoms with E-state index in [9.17, 15) is 4.79 Å². The second-order valence-corrected chi connectivity index (χ2v) is 5.69. The Bertz CT molecular complexity index is 1120. The Labute approximate surface area is 141 Å². The zero-order valence-electron chi connectivity index (χ0n) is 12.5. The van der Waals surface area contributed by atoms with Crippen LogP contribution in [0.1, 0.15) is 5.56 Å². The molecule has 1 aromatic heterocycles. The number of hydrogen-bond acceptors (Lipinski definition) is 4. The Balaban J connectivity index is 2.02. The number of nitrogens with zero attached hydrogens (tertiary/aromatic N) is 3. The van der Waals surface area contributed by atoms with Crippen LogP contribution in [0.15, 0.2) is 70.7 Å². The first-order valence-corrected chi connectivity index (χ1v) is 7.76. The highest BCUT2D eigenvalue weighted by Gasteiger charge is 2.05. The lowest BCUT2D eigenvalue weighted by Gasteiger charge is -2.07. The van der Waals surface area contributed by atoms with Crippen molar-refractivity contribution in [2.24, 2.45) is 5.10 Å². The molecule has 0 fully saturated rings. The first-order chi connectivity index (χ1) is 11.7. The summed E-state index contributed by atoms with van der Waals surface area (Å²) in [6.45, 7) is 0. The maximum atomic E-state index is 11.9. The summed E-state index contributed by atoms with van der Waals surface area (Å²) in [4.78, 5) is 11.9. The normalized spacial score (nSPS) is 11.5. The molecule has 0 aliphatic heterocycles. The van der Waals surface area contributed by atoms with Crippen molar-refractivity contribution >= 4 is 40.0 Å². The number of H-pyrrole nitrogens is 1. The molecule has 6 heteroatoms. The van der Waals surface area contributed by atoms with Crippen molar-refractivity contribution in [1.82, 2.24) is 14.9 Å². The second-order valence-electron chi connectivity index (χ2n) is 5.30. The molecular formula is C18H12N4OS. The van der Waals surface area contributed by atoms with Gasteiger partial charge < -0.3 is 0 Å². The molecule has 0 aliphatic rings. The third kappa shape index (κ3) is 2.43. The fraction of sp³-hybridized carbons (Fsp3) is 0. The molecule has 116 valence electrons. The molecule has 0 amide bonds. The molecule has 4 rings (SSSR count). The van der Waals surface area contributed by atoms with Crippen molar-refractivity contribution in [3.05, 3.63) is 81.5 Å². The highest BCUT2D eigenvalue weighted by molar-refractivity contribution is 7.71. The Morgan fingerprint density at radius 2 is 1.67 bits per heavy atom. The second kappa shape index (κ2) is 5.82. The van der Waals surface area contributed by atoms with Crippen LogP contribution < -0.4 is 5.56 Å². The summed E-state index contributed by atoms with van der Waals surface area (Å²) in [6, 6.07) is 18.3. The molecule has 0 aliphatic carbocycles. The highest BCUT2D eigenvalue weighted by Crippen LogP contribution is 2.27. The largest absolute Gasteiger partial charge is 0.293 e. The molecule has 0 saturated carbocycles. The van der Waals surface area contributed by atoms with Gasteiger partial charge >= 0.3 is 0 Å². The van der Waals surface area contributed by atoms with Gasteiger partial charge in [0.05, 0.1) is 6.21 Å². The third-order valence-electron chi connectivity index (χ3n) is 3.85. The van der Waals surface area contributed by atoms with E-state index in [4.69, 9.17) is 12.2 Å². The Hall–Kier alpha value is -3.12.